The van der Waals surface area contributed by atoms with Crippen molar-refractivity contribution in [1.29, 1.82) is 0 Å². The highest BCUT2D eigenvalue weighted by Crippen LogP contribution is 2.40. The van der Waals surface area contributed by atoms with Crippen LogP contribution in [-0.2, 0) is 0 Å². The fourth-order valence-electron chi connectivity index (χ4n) is 2.29. The molecule has 0 fully saturated rings. The predicted octanol–water partition coefficient (Wildman–Crippen LogP) is 4.45. The fourth-order valence-corrected chi connectivity index (χ4v) is 2.77. The van der Waals surface area contributed by atoms with Crippen LogP contribution in [0.2, 0.25) is 5.02 Å². The van der Waals surface area contributed by atoms with E-state index < -0.39 is 0 Å². The van der Waals surface area contributed by atoms with E-state index in [1.54, 1.807) is 19.2 Å². The molecule has 1 aliphatic heterocycles. The van der Waals surface area contributed by atoms with Crippen LogP contribution in [-0.4, -0.2) is 20.3 Å². The number of halogens is 2. The normalized spacial score (nSPS) is 14.6. The van der Waals surface area contributed by atoms with Crippen LogP contribution in [0.4, 0.5) is 0 Å². The standard InChI is InChI=1S/C16H14Cl2O3/c1-19-14-9-11(17)3-4-12(14)16(18)10-2-5-13-15(8-10)21-7-6-20-13/h2-5,8-9,16H,6-7H2,1H3. The molecule has 1 aliphatic rings. The van der Waals surface area contributed by atoms with Crippen molar-refractivity contribution in [3.8, 4) is 17.2 Å². The average molecular weight is 325 g/mol. The fraction of sp³-hybridized carbons (Fsp3) is 0.250. The topological polar surface area (TPSA) is 27.7 Å². The molecule has 3 rings (SSSR count). The molecule has 2 aromatic carbocycles. The molecule has 1 atom stereocenters. The van der Waals surface area contributed by atoms with Crippen molar-refractivity contribution >= 4 is 23.2 Å². The lowest BCUT2D eigenvalue weighted by atomic mass is 10.0. The van der Waals surface area contributed by atoms with E-state index in [1.807, 2.05) is 24.3 Å². The van der Waals surface area contributed by atoms with Crippen molar-refractivity contribution < 1.29 is 14.2 Å². The van der Waals surface area contributed by atoms with Crippen molar-refractivity contribution in [1.82, 2.24) is 0 Å². The van der Waals surface area contributed by atoms with E-state index in [1.165, 1.54) is 0 Å². The molecule has 0 aliphatic carbocycles. The average Bonchev–Trinajstić information content (AvgIpc) is 2.53. The summed E-state index contributed by atoms with van der Waals surface area (Å²) in [6, 6.07) is 11.1. The summed E-state index contributed by atoms with van der Waals surface area (Å²) in [6.45, 7) is 1.12. The molecular weight excluding hydrogens is 311 g/mol. The molecule has 5 heteroatoms. The van der Waals surface area contributed by atoms with Crippen LogP contribution < -0.4 is 14.2 Å². The number of benzene rings is 2. The summed E-state index contributed by atoms with van der Waals surface area (Å²) < 4.78 is 16.5. The van der Waals surface area contributed by atoms with Crippen LogP contribution >= 0.6 is 23.2 Å². The van der Waals surface area contributed by atoms with E-state index in [9.17, 15) is 0 Å². The van der Waals surface area contributed by atoms with Gasteiger partial charge in [0.05, 0.1) is 12.5 Å². The molecular formula is C16H14Cl2O3. The molecule has 0 amide bonds. The van der Waals surface area contributed by atoms with Gasteiger partial charge in [0.2, 0.25) is 0 Å². The summed E-state index contributed by atoms with van der Waals surface area (Å²) in [5.74, 6) is 2.13. The Labute approximate surface area is 133 Å². The van der Waals surface area contributed by atoms with Gasteiger partial charge in [0, 0.05) is 10.6 Å². The monoisotopic (exact) mass is 324 g/mol. The lowest BCUT2D eigenvalue weighted by Crippen LogP contribution is -2.15. The zero-order valence-corrected chi connectivity index (χ0v) is 12.9. The highest BCUT2D eigenvalue weighted by atomic mass is 35.5. The zero-order valence-electron chi connectivity index (χ0n) is 11.4. The Morgan fingerprint density at radius 1 is 1.05 bits per heavy atom. The first kappa shape index (κ1) is 14.4. The number of fused-ring (bicyclic) bond motifs is 1. The van der Waals surface area contributed by atoms with Crippen molar-refractivity contribution in [3.05, 3.63) is 52.5 Å². The summed E-state index contributed by atoms with van der Waals surface area (Å²) in [5.41, 5.74) is 1.78. The Bertz CT molecular complexity index is 658. The molecule has 21 heavy (non-hydrogen) atoms. The molecule has 2 aromatic rings. The van der Waals surface area contributed by atoms with Crippen molar-refractivity contribution in [3.63, 3.8) is 0 Å². The van der Waals surface area contributed by atoms with E-state index in [2.05, 4.69) is 0 Å². The van der Waals surface area contributed by atoms with Crippen molar-refractivity contribution in [2.75, 3.05) is 20.3 Å². The Balaban J connectivity index is 1.96. The Hall–Kier alpha value is -1.58. The van der Waals surface area contributed by atoms with Crippen LogP contribution in [0.15, 0.2) is 36.4 Å². The van der Waals surface area contributed by atoms with E-state index >= 15 is 0 Å². The maximum Gasteiger partial charge on any atom is 0.161 e. The number of hydrogen-bond acceptors (Lipinski definition) is 3. The van der Waals surface area contributed by atoms with E-state index in [-0.39, 0.29) is 5.38 Å². The quantitative estimate of drug-likeness (QED) is 0.781. The summed E-state index contributed by atoms with van der Waals surface area (Å²) >= 11 is 12.6. The molecule has 0 saturated heterocycles. The second-order valence-electron chi connectivity index (χ2n) is 4.65. The van der Waals surface area contributed by atoms with Gasteiger partial charge in [-0.1, -0.05) is 23.7 Å². The van der Waals surface area contributed by atoms with Crippen LogP contribution in [0.3, 0.4) is 0 Å². The largest absolute Gasteiger partial charge is 0.496 e. The molecule has 0 aromatic heterocycles. The van der Waals surface area contributed by atoms with Crippen LogP contribution in [0.25, 0.3) is 0 Å². The molecule has 0 N–H and O–H groups in total. The van der Waals surface area contributed by atoms with Gasteiger partial charge in [-0.3, -0.25) is 0 Å². The lowest BCUT2D eigenvalue weighted by molar-refractivity contribution is 0.171. The molecule has 0 bridgehead atoms. The van der Waals surface area contributed by atoms with Gasteiger partial charge in [-0.2, -0.15) is 0 Å². The third-order valence-corrected chi connectivity index (χ3v) is 4.05. The first-order valence-electron chi connectivity index (χ1n) is 6.56. The minimum atomic E-state index is -0.354. The minimum Gasteiger partial charge on any atom is -0.496 e. The van der Waals surface area contributed by atoms with Crippen LogP contribution in [0.1, 0.15) is 16.5 Å². The second-order valence-corrected chi connectivity index (χ2v) is 5.52. The molecule has 1 heterocycles. The second kappa shape index (κ2) is 6.04. The van der Waals surface area contributed by atoms with Crippen molar-refractivity contribution in [2.24, 2.45) is 0 Å². The van der Waals surface area contributed by atoms with Gasteiger partial charge in [0.15, 0.2) is 11.5 Å². The van der Waals surface area contributed by atoms with Gasteiger partial charge in [-0.15, -0.1) is 11.6 Å². The van der Waals surface area contributed by atoms with E-state index in [4.69, 9.17) is 37.4 Å². The number of alkyl halides is 1. The SMILES string of the molecule is COc1cc(Cl)ccc1C(Cl)c1ccc2c(c1)OCCO2. The molecule has 1 unspecified atom stereocenters. The molecule has 3 nitrogen and oxygen atoms in total. The summed E-state index contributed by atoms with van der Waals surface area (Å²) in [5, 5.41) is 0.259. The number of ether oxygens (including phenoxy) is 3. The third-order valence-electron chi connectivity index (χ3n) is 3.33. The van der Waals surface area contributed by atoms with Gasteiger partial charge in [0.1, 0.15) is 19.0 Å². The first-order chi connectivity index (χ1) is 10.2. The molecule has 110 valence electrons. The predicted molar refractivity (Wildman–Crippen MR) is 83.1 cm³/mol. The first-order valence-corrected chi connectivity index (χ1v) is 7.37. The lowest BCUT2D eigenvalue weighted by Gasteiger charge is -2.20. The Morgan fingerprint density at radius 3 is 2.57 bits per heavy atom. The summed E-state index contributed by atoms with van der Waals surface area (Å²) in [4.78, 5) is 0. The highest BCUT2D eigenvalue weighted by Gasteiger charge is 2.19. The molecule has 0 spiro atoms. The molecule has 0 radical (unpaired) electrons. The smallest absolute Gasteiger partial charge is 0.161 e. The third kappa shape index (κ3) is 2.89. The number of rotatable bonds is 3. The maximum absolute atomic E-state index is 6.59. The molecule has 0 saturated carbocycles. The Kier molecular flexibility index (Phi) is 4.13. The van der Waals surface area contributed by atoms with Crippen molar-refractivity contribution in [2.45, 2.75) is 5.38 Å². The van der Waals surface area contributed by atoms with Gasteiger partial charge >= 0.3 is 0 Å². The number of hydrogen-bond donors (Lipinski definition) is 0. The highest BCUT2D eigenvalue weighted by molar-refractivity contribution is 6.30. The van der Waals surface area contributed by atoms with E-state index in [0.717, 1.165) is 22.6 Å². The summed E-state index contributed by atoms with van der Waals surface area (Å²) in [6.07, 6.45) is 0. The van der Waals surface area contributed by atoms with Gasteiger partial charge in [0.25, 0.3) is 0 Å². The maximum atomic E-state index is 6.59. The van der Waals surface area contributed by atoms with Gasteiger partial charge < -0.3 is 14.2 Å². The van der Waals surface area contributed by atoms with Crippen LogP contribution in [0.5, 0.6) is 17.2 Å². The van der Waals surface area contributed by atoms with Gasteiger partial charge in [-0.25, -0.2) is 0 Å². The van der Waals surface area contributed by atoms with Crippen LogP contribution in [0, 0.1) is 0 Å². The minimum absolute atomic E-state index is 0.354. The zero-order chi connectivity index (χ0) is 14.8. The Morgan fingerprint density at radius 2 is 1.81 bits per heavy atom. The van der Waals surface area contributed by atoms with E-state index in [0.29, 0.717) is 24.0 Å². The number of methoxy groups -OCH3 is 1. The van der Waals surface area contributed by atoms with Gasteiger partial charge in [-0.05, 0) is 29.8 Å². The summed E-state index contributed by atoms with van der Waals surface area (Å²) in [7, 11) is 1.60.